The fourth-order valence-electron chi connectivity index (χ4n) is 2.02. The largest absolute Gasteiger partial charge is 0.384 e. The number of hydrogen-bond donors (Lipinski definition) is 1. The van der Waals surface area contributed by atoms with Crippen LogP contribution in [0.15, 0.2) is 66.7 Å². The summed E-state index contributed by atoms with van der Waals surface area (Å²) in [5.41, 5.74) is 0.828. The van der Waals surface area contributed by atoms with E-state index in [0.29, 0.717) is 11.1 Å². The van der Waals surface area contributed by atoms with Gasteiger partial charge in [-0.25, -0.2) is 8.78 Å². The van der Waals surface area contributed by atoms with Crippen LogP contribution < -0.4 is 0 Å². The van der Waals surface area contributed by atoms with E-state index < -0.39 is 12.0 Å². The van der Waals surface area contributed by atoms with Gasteiger partial charge in [-0.2, -0.15) is 0 Å². The number of alkyl halides is 2. The Labute approximate surface area is 117 Å². The van der Waals surface area contributed by atoms with Crippen molar-refractivity contribution in [1.82, 2.24) is 0 Å². The van der Waals surface area contributed by atoms with Crippen LogP contribution in [0.1, 0.15) is 24.2 Å². The first-order chi connectivity index (χ1) is 9.48. The Kier molecular flexibility index (Phi) is 4.30. The molecular weight excluding hydrogens is 258 g/mol. The molecule has 104 valence electrons. The molecule has 2 rings (SSSR count). The lowest BCUT2D eigenvalue weighted by Gasteiger charge is -2.18. The summed E-state index contributed by atoms with van der Waals surface area (Å²) in [5, 5.41) is 10.1. The van der Waals surface area contributed by atoms with Gasteiger partial charge in [0.05, 0.1) is 6.10 Å². The molecule has 20 heavy (non-hydrogen) atoms. The van der Waals surface area contributed by atoms with Gasteiger partial charge in [0, 0.05) is 12.5 Å². The second-order valence-electron chi connectivity index (χ2n) is 4.69. The lowest BCUT2D eigenvalue weighted by Crippen LogP contribution is -2.14. The number of benzene rings is 2. The third kappa shape index (κ3) is 3.52. The van der Waals surface area contributed by atoms with E-state index in [1.165, 1.54) is 6.08 Å². The van der Waals surface area contributed by atoms with Crippen LogP contribution in [0.4, 0.5) is 8.78 Å². The number of hydrogen-bond acceptors (Lipinski definition) is 1. The molecule has 0 aliphatic heterocycles. The smallest absolute Gasteiger partial charge is 0.270 e. The maximum absolute atomic E-state index is 13.8. The highest BCUT2D eigenvalue weighted by atomic mass is 19.3. The topological polar surface area (TPSA) is 20.2 Å². The summed E-state index contributed by atoms with van der Waals surface area (Å²) in [6.07, 6.45) is 0.155. The minimum absolute atomic E-state index is 0.172. The predicted octanol–water partition coefficient (Wildman–Crippen LogP) is 4.46. The molecule has 0 fully saturated rings. The predicted molar refractivity (Wildman–Crippen MR) is 76.4 cm³/mol. The molecule has 0 saturated carbocycles. The molecule has 1 atom stereocenters. The third-order valence-electron chi connectivity index (χ3n) is 3.02. The minimum Gasteiger partial charge on any atom is -0.384 e. The van der Waals surface area contributed by atoms with Gasteiger partial charge in [-0.15, -0.1) is 0 Å². The van der Waals surface area contributed by atoms with Gasteiger partial charge in [-0.3, -0.25) is 0 Å². The van der Waals surface area contributed by atoms with Gasteiger partial charge in [0.15, 0.2) is 0 Å². The molecule has 3 heteroatoms. The van der Waals surface area contributed by atoms with Crippen LogP contribution in [-0.2, 0) is 0 Å². The van der Waals surface area contributed by atoms with Gasteiger partial charge >= 0.3 is 0 Å². The fourth-order valence-corrected chi connectivity index (χ4v) is 2.02. The molecule has 1 unspecified atom stereocenters. The molecule has 0 aromatic heterocycles. The fraction of sp³-hybridized carbons (Fsp3) is 0.176. The third-order valence-corrected chi connectivity index (χ3v) is 3.02. The zero-order valence-electron chi connectivity index (χ0n) is 11.1. The van der Waals surface area contributed by atoms with E-state index in [9.17, 15) is 13.9 Å². The normalized spacial score (nSPS) is 14.1. The SMILES string of the molecule is CC(F)(F)/C(=C/C(O)c1ccccc1)c1ccccc1. The van der Waals surface area contributed by atoms with E-state index in [1.54, 1.807) is 54.6 Å². The molecule has 2 aromatic carbocycles. The van der Waals surface area contributed by atoms with Gasteiger partial charge < -0.3 is 5.11 Å². The van der Waals surface area contributed by atoms with Crippen molar-refractivity contribution in [1.29, 1.82) is 0 Å². The first kappa shape index (κ1) is 14.4. The van der Waals surface area contributed by atoms with Gasteiger partial charge in [0.2, 0.25) is 0 Å². The second kappa shape index (κ2) is 5.97. The van der Waals surface area contributed by atoms with E-state index in [2.05, 4.69) is 0 Å². The van der Waals surface area contributed by atoms with Crippen LogP contribution in [0, 0.1) is 0 Å². The zero-order chi connectivity index (χ0) is 14.6. The van der Waals surface area contributed by atoms with E-state index >= 15 is 0 Å². The van der Waals surface area contributed by atoms with Crippen LogP contribution in [0.25, 0.3) is 5.57 Å². The summed E-state index contributed by atoms with van der Waals surface area (Å²) in [5.74, 6) is -3.02. The molecule has 0 aliphatic rings. The average molecular weight is 274 g/mol. The van der Waals surface area contributed by atoms with Crippen molar-refractivity contribution in [2.75, 3.05) is 0 Å². The number of halogens is 2. The number of rotatable bonds is 4. The Balaban J connectivity index is 2.40. The summed E-state index contributed by atoms with van der Waals surface area (Å²) in [6, 6.07) is 17.1. The molecule has 0 radical (unpaired) electrons. The Morgan fingerprint density at radius 2 is 1.50 bits per heavy atom. The van der Waals surface area contributed by atoms with Gasteiger partial charge in [0.1, 0.15) is 0 Å². The first-order valence-corrected chi connectivity index (χ1v) is 6.37. The quantitative estimate of drug-likeness (QED) is 0.872. The average Bonchev–Trinajstić information content (AvgIpc) is 2.45. The second-order valence-corrected chi connectivity index (χ2v) is 4.69. The Morgan fingerprint density at radius 3 is 2.00 bits per heavy atom. The highest BCUT2D eigenvalue weighted by Gasteiger charge is 2.29. The monoisotopic (exact) mass is 274 g/mol. The lowest BCUT2D eigenvalue weighted by atomic mass is 9.97. The van der Waals surface area contributed by atoms with E-state index in [4.69, 9.17) is 0 Å². The Hall–Kier alpha value is -2.00. The first-order valence-electron chi connectivity index (χ1n) is 6.37. The van der Waals surface area contributed by atoms with Crippen molar-refractivity contribution in [3.63, 3.8) is 0 Å². The van der Waals surface area contributed by atoms with Gasteiger partial charge in [-0.05, 0) is 17.2 Å². The molecular formula is C17H16F2O. The van der Waals surface area contributed by atoms with Gasteiger partial charge in [-0.1, -0.05) is 60.7 Å². The zero-order valence-corrected chi connectivity index (χ0v) is 11.1. The Morgan fingerprint density at radius 1 is 1.00 bits per heavy atom. The summed E-state index contributed by atoms with van der Waals surface area (Å²) in [4.78, 5) is 0. The number of allylic oxidation sites excluding steroid dienone is 1. The summed E-state index contributed by atoms with van der Waals surface area (Å²) in [6.45, 7) is 0.837. The van der Waals surface area contributed by atoms with Crippen molar-refractivity contribution < 1.29 is 13.9 Å². The van der Waals surface area contributed by atoms with Crippen molar-refractivity contribution in [3.8, 4) is 0 Å². The number of aliphatic hydroxyl groups is 1. The molecule has 0 spiro atoms. The van der Waals surface area contributed by atoms with Crippen LogP contribution in [0.5, 0.6) is 0 Å². The van der Waals surface area contributed by atoms with Crippen LogP contribution in [-0.4, -0.2) is 11.0 Å². The molecule has 0 saturated heterocycles. The van der Waals surface area contributed by atoms with Crippen molar-refractivity contribution in [2.24, 2.45) is 0 Å². The van der Waals surface area contributed by atoms with E-state index in [0.717, 1.165) is 6.92 Å². The van der Waals surface area contributed by atoms with E-state index in [1.807, 2.05) is 6.07 Å². The Bertz CT molecular complexity index is 571. The molecule has 2 aromatic rings. The molecule has 1 nitrogen and oxygen atoms in total. The molecule has 0 aliphatic carbocycles. The van der Waals surface area contributed by atoms with Crippen molar-refractivity contribution in [3.05, 3.63) is 77.9 Å². The van der Waals surface area contributed by atoms with Crippen molar-refractivity contribution >= 4 is 5.57 Å². The summed E-state index contributed by atoms with van der Waals surface area (Å²) >= 11 is 0. The number of aliphatic hydroxyl groups excluding tert-OH is 1. The molecule has 0 amide bonds. The highest BCUT2D eigenvalue weighted by Crippen LogP contribution is 2.34. The van der Waals surface area contributed by atoms with E-state index in [-0.39, 0.29) is 5.57 Å². The molecule has 1 N–H and O–H groups in total. The van der Waals surface area contributed by atoms with Crippen LogP contribution in [0.2, 0.25) is 0 Å². The summed E-state index contributed by atoms with van der Waals surface area (Å²) < 4.78 is 27.5. The molecule has 0 heterocycles. The highest BCUT2D eigenvalue weighted by molar-refractivity contribution is 5.71. The maximum atomic E-state index is 13.8. The maximum Gasteiger partial charge on any atom is 0.270 e. The lowest BCUT2D eigenvalue weighted by molar-refractivity contribution is 0.0876. The van der Waals surface area contributed by atoms with Gasteiger partial charge in [0.25, 0.3) is 5.92 Å². The van der Waals surface area contributed by atoms with Crippen LogP contribution >= 0.6 is 0 Å². The summed E-state index contributed by atoms with van der Waals surface area (Å²) in [7, 11) is 0. The van der Waals surface area contributed by atoms with Crippen LogP contribution in [0.3, 0.4) is 0 Å². The minimum atomic E-state index is -3.02. The van der Waals surface area contributed by atoms with Crippen molar-refractivity contribution in [2.45, 2.75) is 19.0 Å². The molecule has 0 bridgehead atoms. The standard InChI is InChI=1S/C17H16F2O/c1-17(18,19)15(13-8-4-2-5-9-13)12-16(20)14-10-6-3-7-11-14/h2-12,16,20H,1H3/b15-12+.